The van der Waals surface area contributed by atoms with Gasteiger partial charge in [-0.25, -0.2) is 4.68 Å². The molecule has 2 aromatic rings. The Balaban J connectivity index is 2.22. The molecule has 1 aromatic heterocycles. The number of aryl methyl sites for hydroxylation is 2. The second kappa shape index (κ2) is 5.83. The molecule has 0 aliphatic heterocycles. The van der Waals surface area contributed by atoms with Gasteiger partial charge in [-0.2, -0.15) is 0 Å². The number of methoxy groups -OCH3 is 1. The van der Waals surface area contributed by atoms with Gasteiger partial charge in [0.25, 0.3) is 0 Å². The molecule has 0 amide bonds. The monoisotopic (exact) mass is 274 g/mol. The van der Waals surface area contributed by atoms with E-state index in [-0.39, 0.29) is 12.3 Å². The number of hydrogen-bond acceptors (Lipinski definition) is 5. The molecular weight excluding hydrogens is 256 g/mol. The van der Waals surface area contributed by atoms with Crippen LogP contribution in [-0.2, 0) is 13.1 Å². The lowest BCUT2D eigenvalue weighted by Crippen LogP contribution is -2.13. The van der Waals surface area contributed by atoms with E-state index < -0.39 is 0 Å². The third-order valence-electron chi connectivity index (χ3n) is 3.14. The maximum Gasteiger partial charge on any atom is 0.184 e. The quantitative estimate of drug-likeness (QED) is 0.829. The summed E-state index contributed by atoms with van der Waals surface area (Å²) in [4.78, 5) is 12.3. The molecule has 0 aliphatic carbocycles. The van der Waals surface area contributed by atoms with Gasteiger partial charge >= 0.3 is 0 Å². The van der Waals surface area contributed by atoms with Crippen LogP contribution < -0.4 is 10.5 Å². The standard InChI is InChI=1S/C14H18N4O2/c1-9-5-14(20-3)10(2)4-12(9)13(19)8-18-7-11(6-15)16-17-18/h4-5,7H,6,8,15H2,1-3H3. The van der Waals surface area contributed by atoms with Gasteiger partial charge in [0, 0.05) is 12.1 Å². The largest absolute Gasteiger partial charge is 0.496 e. The van der Waals surface area contributed by atoms with E-state index in [0.29, 0.717) is 17.8 Å². The molecule has 0 unspecified atom stereocenters. The fourth-order valence-corrected chi connectivity index (χ4v) is 2.05. The van der Waals surface area contributed by atoms with Gasteiger partial charge in [-0.1, -0.05) is 5.21 Å². The minimum absolute atomic E-state index is 0.0123. The molecule has 2 rings (SSSR count). The summed E-state index contributed by atoms with van der Waals surface area (Å²) in [6, 6.07) is 3.71. The third-order valence-corrected chi connectivity index (χ3v) is 3.14. The summed E-state index contributed by atoms with van der Waals surface area (Å²) >= 11 is 0. The number of nitrogens with two attached hydrogens (primary N) is 1. The molecule has 20 heavy (non-hydrogen) atoms. The topological polar surface area (TPSA) is 83.0 Å². The Labute approximate surface area is 117 Å². The van der Waals surface area contributed by atoms with Crippen molar-refractivity contribution in [3.63, 3.8) is 0 Å². The van der Waals surface area contributed by atoms with E-state index in [0.717, 1.165) is 16.9 Å². The van der Waals surface area contributed by atoms with Crippen molar-refractivity contribution in [1.29, 1.82) is 0 Å². The highest BCUT2D eigenvalue weighted by Crippen LogP contribution is 2.23. The van der Waals surface area contributed by atoms with Crippen molar-refractivity contribution in [1.82, 2.24) is 15.0 Å². The molecule has 1 heterocycles. The van der Waals surface area contributed by atoms with Crippen LogP contribution in [0.15, 0.2) is 18.3 Å². The molecule has 0 atom stereocenters. The van der Waals surface area contributed by atoms with Gasteiger partial charge in [0.2, 0.25) is 0 Å². The van der Waals surface area contributed by atoms with Crippen LogP contribution in [-0.4, -0.2) is 27.9 Å². The van der Waals surface area contributed by atoms with Crippen LogP contribution in [0.25, 0.3) is 0 Å². The Morgan fingerprint density at radius 1 is 1.35 bits per heavy atom. The summed E-state index contributed by atoms with van der Waals surface area (Å²) < 4.78 is 6.75. The average molecular weight is 274 g/mol. The van der Waals surface area contributed by atoms with Crippen LogP contribution >= 0.6 is 0 Å². The second-order valence-corrected chi connectivity index (χ2v) is 4.67. The fraction of sp³-hybridized carbons (Fsp3) is 0.357. The molecule has 0 aliphatic rings. The zero-order valence-electron chi connectivity index (χ0n) is 11.9. The number of aromatic nitrogens is 3. The highest BCUT2D eigenvalue weighted by Gasteiger charge is 2.13. The number of benzene rings is 1. The van der Waals surface area contributed by atoms with Crippen molar-refractivity contribution in [2.24, 2.45) is 5.73 Å². The molecule has 0 radical (unpaired) electrons. The van der Waals surface area contributed by atoms with Crippen molar-refractivity contribution in [3.05, 3.63) is 40.7 Å². The van der Waals surface area contributed by atoms with Crippen LogP contribution in [0.1, 0.15) is 27.2 Å². The molecule has 0 saturated heterocycles. The molecule has 6 nitrogen and oxygen atoms in total. The van der Waals surface area contributed by atoms with Gasteiger partial charge in [0.15, 0.2) is 5.78 Å². The first-order valence-electron chi connectivity index (χ1n) is 6.32. The third kappa shape index (κ3) is 2.85. The maximum absolute atomic E-state index is 12.3. The van der Waals surface area contributed by atoms with Crippen LogP contribution in [0.4, 0.5) is 0 Å². The summed E-state index contributed by atoms with van der Waals surface area (Å²) in [7, 11) is 1.62. The lowest BCUT2D eigenvalue weighted by Gasteiger charge is -2.10. The average Bonchev–Trinajstić information content (AvgIpc) is 2.88. The number of ether oxygens (including phenoxy) is 1. The predicted molar refractivity (Wildman–Crippen MR) is 74.7 cm³/mol. The van der Waals surface area contributed by atoms with Crippen molar-refractivity contribution < 1.29 is 9.53 Å². The first-order valence-corrected chi connectivity index (χ1v) is 6.32. The smallest absolute Gasteiger partial charge is 0.184 e. The van der Waals surface area contributed by atoms with Gasteiger partial charge in [-0.05, 0) is 37.1 Å². The van der Waals surface area contributed by atoms with Crippen LogP contribution in [0, 0.1) is 13.8 Å². The predicted octanol–water partition coefficient (Wildman–Crippen LogP) is 1.25. The second-order valence-electron chi connectivity index (χ2n) is 4.67. The highest BCUT2D eigenvalue weighted by atomic mass is 16.5. The van der Waals surface area contributed by atoms with Gasteiger partial charge < -0.3 is 10.5 Å². The fourth-order valence-electron chi connectivity index (χ4n) is 2.05. The van der Waals surface area contributed by atoms with E-state index in [1.165, 1.54) is 4.68 Å². The Bertz CT molecular complexity index is 634. The van der Waals surface area contributed by atoms with Crippen LogP contribution in [0.2, 0.25) is 0 Å². The molecule has 6 heteroatoms. The van der Waals surface area contributed by atoms with Crippen molar-refractivity contribution >= 4 is 5.78 Å². The first kappa shape index (κ1) is 14.2. The van der Waals surface area contributed by atoms with Crippen LogP contribution in [0.5, 0.6) is 5.75 Å². The number of Topliss-reactive ketones (excluding diaryl/α,β-unsaturated/α-hetero) is 1. The number of rotatable bonds is 5. The number of hydrogen-bond donors (Lipinski definition) is 1. The number of nitrogens with zero attached hydrogens (tertiary/aromatic N) is 3. The molecule has 0 bridgehead atoms. The van der Waals surface area contributed by atoms with Gasteiger partial charge in [-0.15, -0.1) is 5.10 Å². The number of carbonyl (C=O) groups excluding carboxylic acids is 1. The van der Waals surface area contributed by atoms with E-state index in [4.69, 9.17) is 10.5 Å². The minimum Gasteiger partial charge on any atom is -0.496 e. The number of carbonyl (C=O) groups is 1. The summed E-state index contributed by atoms with van der Waals surface area (Å²) in [5.41, 5.74) is 8.63. The lowest BCUT2D eigenvalue weighted by atomic mass is 10.0. The molecule has 0 fully saturated rings. The molecule has 2 N–H and O–H groups in total. The first-order chi connectivity index (χ1) is 9.55. The minimum atomic E-state index is -0.0123. The van der Waals surface area contributed by atoms with E-state index >= 15 is 0 Å². The van der Waals surface area contributed by atoms with Gasteiger partial charge in [-0.3, -0.25) is 4.79 Å². The summed E-state index contributed by atoms with van der Waals surface area (Å²) in [5, 5.41) is 7.74. The molecule has 106 valence electrons. The van der Waals surface area contributed by atoms with E-state index in [1.54, 1.807) is 13.3 Å². The normalized spacial score (nSPS) is 10.6. The summed E-state index contributed by atoms with van der Waals surface area (Å²) in [5.74, 6) is 0.770. The maximum atomic E-state index is 12.3. The van der Waals surface area contributed by atoms with Crippen molar-refractivity contribution in [3.8, 4) is 5.75 Å². The SMILES string of the molecule is COc1cc(C)c(C(=O)Cn2cc(CN)nn2)cc1C. The summed E-state index contributed by atoms with van der Waals surface area (Å²) in [6.07, 6.45) is 1.68. The molecule has 0 spiro atoms. The Morgan fingerprint density at radius 3 is 2.70 bits per heavy atom. The Morgan fingerprint density at radius 2 is 2.10 bits per heavy atom. The zero-order valence-corrected chi connectivity index (χ0v) is 11.9. The van der Waals surface area contributed by atoms with Gasteiger partial charge in [0.05, 0.1) is 19.0 Å². The Kier molecular flexibility index (Phi) is 4.14. The number of ketones is 1. The Hall–Kier alpha value is -2.21. The molecular formula is C14H18N4O2. The lowest BCUT2D eigenvalue weighted by molar-refractivity contribution is 0.0966. The van der Waals surface area contributed by atoms with Gasteiger partial charge in [0.1, 0.15) is 12.3 Å². The van der Waals surface area contributed by atoms with E-state index in [2.05, 4.69) is 10.3 Å². The molecule has 0 saturated carbocycles. The van der Waals surface area contributed by atoms with Crippen molar-refractivity contribution in [2.45, 2.75) is 26.9 Å². The molecule has 1 aromatic carbocycles. The zero-order chi connectivity index (χ0) is 14.7. The van der Waals surface area contributed by atoms with Crippen LogP contribution in [0.3, 0.4) is 0 Å². The summed E-state index contributed by atoms with van der Waals surface area (Å²) in [6.45, 7) is 4.27. The van der Waals surface area contributed by atoms with Crippen molar-refractivity contribution in [2.75, 3.05) is 7.11 Å². The van der Waals surface area contributed by atoms with E-state index in [9.17, 15) is 4.79 Å². The van der Waals surface area contributed by atoms with E-state index in [1.807, 2.05) is 26.0 Å². The highest BCUT2D eigenvalue weighted by molar-refractivity contribution is 5.97.